The largest absolute Gasteiger partial charge is 0.298 e. The number of aryl methyl sites for hydroxylation is 1. The quantitative estimate of drug-likeness (QED) is 0.404. The molecule has 0 radical (unpaired) electrons. The Morgan fingerprint density at radius 3 is 2.70 bits per heavy atom. The van der Waals surface area contributed by atoms with Crippen LogP contribution in [0.15, 0.2) is 65.8 Å². The topological polar surface area (TPSA) is 46.1 Å². The van der Waals surface area contributed by atoms with Gasteiger partial charge in [-0.1, -0.05) is 42.0 Å². The van der Waals surface area contributed by atoms with Crippen LogP contribution in [0.2, 0.25) is 0 Å². The van der Waals surface area contributed by atoms with Crippen LogP contribution in [-0.4, -0.2) is 40.0 Å². The molecule has 1 aromatic heterocycles. The molecule has 0 aliphatic carbocycles. The summed E-state index contributed by atoms with van der Waals surface area (Å²) in [6.45, 7) is 4.65. The van der Waals surface area contributed by atoms with Gasteiger partial charge in [0.2, 0.25) is 0 Å². The molecule has 154 valence electrons. The summed E-state index contributed by atoms with van der Waals surface area (Å²) in [5.41, 5.74) is 4.19. The fourth-order valence-electron chi connectivity index (χ4n) is 4.11. The van der Waals surface area contributed by atoms with Crippen LogP contribution in [0.4, 0.5) is 0 Å². The number of nitrogens with zero attached hydrogens (tertiary/aromatic N) is 3. The minimum absolute atomic E-state index is 0.0551. The molecule has 30 heavy (non-hydrogen) atoms. The van der Waals surface area contributed by atoms with Gasteiger partial charge in [0.1, 0.15) is 0 Å². The Morgan fingerprint density at radius 1 is 1.13 bits per heavy atom. The van der Waals surface area contributed by atoms with Crippen molar-refractivity contribution in [1.82, 2.24) is 14.9 Å². The summed E-state index contributed by atoms with van der Waals surface area (Å²) in [7, 11) is 0. The van der Waals surface area contributed by atoms with Gasteiger partial charge in [-0.15, -0.1) is 11.8 Å². The highest BCUT2D eigenvalue weighted by atomic mass is 32.2. The second-order valence-electron chi connectivity index (χ2n) is 7.92. The number of benzene rings is 2. The zero-order chi connectivity index (χ0) is 20.9. The second-order valence-corrected chi connectivity index (χ2v) is 8.77. The monoisotopic (exact) mass is 417 g/mol. The molecule has 5 heteroatoms. The van der Waals surface area contributed by atoms with Gasteiger partial charge in [0, 0.05) is 53.0 Å². The molecule has 3 aromatic rings. The second kappa shape index (κ2) is 9.54. The molecule has 0 N–H and O–H groups in total. The third-order valence-corrected chi connectivity index (χ3v) is 6.43. The Morgan fingerprint density at radius 2 is 1.93 bits per heavy atom. The summed E-state index contributed by atoms with van der Waals surface area (Å²) >= 11 is 1.64. The van der Waals surface area contributed by atoms with Crippen molar-refractivity contribution in [3.05, 3.63) is 77.6 Å². The van der Waals surface area contributed by atoms with E-state index in [2.05, 4.69) is 33.9 Å². The van der Waals surface area contributed by atoms with E-state index in [0.717, 1.165) is 59.9 Å². The number of Topliss-reactive ketones (excluding diaryl/α,β-unsaturated/α-hetero) is 1. The number of aromatic nitrogens is 2. The normalized spacial score (nSPS) is 17.1. The maximum absolute atomic E-state index is 13.1. The van der Waals surface area contributed by atoms with Gasteiger partial charge < -0.3 is 0 Å². The standard InChI is InChI=1S/C25H27N3OS/c1-18-7-5-8-20(13-18)25-26-14-19(15-27-25)16-28-12-6-9-21(17-28)24(29)22-10-3-4-11-23(22)30-2/h3-5,7-8,10-11,13-15,21H,6,9,12,16-17H2,1-2H3/t21-/m0/s1. The Hall–Kier alpha value is -2.50. The third-order valence-electron chi connectivity index (χ3n) is 5.64. The van der Waals surface area contributed by atoms with E-state index in [1.54, 1.807) is 11.8 Å². The number of piperidine rings is 1. The smallest absolute Gasteiger partial charge is 0.168 e. The van der Waals surface area contributed by atoms with Gasteiger partial charge in [0.25, 0.3) is 0 Å². The van der Waals surface area contributed by atoms with Crippen molar-refractivity contribution in [2.24, 2.45) is 5.92 Å². The van der Waals surface area contributed by atoms with Gasteiger partial charge in [-0.2, -0.15) is 0 Å². The Bertz CT molecular complexity index is 1020. The van der Waals surface area contributed by atoms with E-state index in [1.165, 1.54) is 5.56 Å². The fourth-order valence-corrected chi connectivity index (χ4v) is 4.71. The van der Waals surface area contributed by atoms with E-state index in [-0.39, 0.29) is 11.7 Å². The minimum atomic E-state index is 0.0551. The van der Waals surface area contributed by atoms with Crippen molar-refractivity contribution in [3.8, 4) is 11.4 Å². The number of hydrogen-bond donors (Lipinski definition) is 0. The van der Waals surface area contributed by atoms with E-state index in [1.807, 2.05) is 55.0 Å². The first-order chi connectivity index (χ1) is 14.6. The van der Waals surface area contributed by atoms with Gasteiger partial charge in [-0.25, -0.2) is 9.97 Å². The molecular weight excluding hydrogens is 390 g/mol. The molecule has 0 spiro atoms. The van der Waals surface area contributed by atoms with Crippen molar-refractivity contribution in [1.29, 1.82) is 0 Å². The van der Waals surface area contributed by atoms with Crippen LogP contribution in [0.25, 0.3) is 11.4 Å². The number of carbonyl (C=O) groups excluding carboxylic acids is 1. The summed E-state index contributed by atoms with van der Waals surface area (Å²) in [6.07, 6.45) is 7.86. The van der Waals surface area contributed by atoms with Crippen LogP contribution in [-0.2, 0) is 6.54 Å². The molecule has 2 heterocycles. The summed E-state index contributed by atoms with van der Waals surface area (Å²) < 4.78 is 0. The lowest BCUT2D eigenvalue weighted by Crippen LogP contribution is -2.38. The SMILES string of the molecule is CSc1ccccc1C(=O)[C@H]1CCCN(Cc2cnc(-c3cccc(C)c3)nc2)C1. The number of likely N-dealkylation sites (tertiary alicyclic amines) is 1. The van der Waals surface area contributed by atoms with Crippen LogP contribution in [0.1, 0.15) is 34.3 Å². The molecule has 0 bridgehead atoms. The molecule has 0 unspecified atom stereocenters. The maximum Gasteiger partial charge on any atom is 0.168 e. The molecule has 0 amide bonds. The Balaban J connectivity index is 1.42. The lowest BCUT2D eigenvalue weighted by atomic mass is 9.90. The average molecular weight is 418 g/mol. The zero-order valence-electron chi connectivity index (χ0n) is 17.5. The Kier molecular flexibility index (Phi) is 6.60. The van der Waals surface area contributed by atoms with Gasteiger partial charge in [0.15, 0.2) is 11.6 Å². The summed E-state index contributed by atoms with van der Waals surface area (Å²) in [6, 6.07) is 16.2. The van der Waals surface area contributed by atoms with Gasteiger partial charge in [0.05, 0.1) is 0 Å². The molecule has 1 aliphatic rings. The first kappa shape index (κ1) is 20.8. The molecule has 4 nitrogen and oxygen atoms in total. The molecule has 0 saturated carbocycles. The predicted molar refractivity (Wildman–Crippen MR) is 123 cm³/mol. The van der Waals surface area contributed by atoms with Crippen LogP contribution in [0.3, 0.4) is 0 Å². The van der Waals surface area contributed by atoms with Crippen molar-refractivity contribution < 1.29 is 4.79 Å². The van der Waals surface area contributed by atoms with Crippen LogP contribution in [0.5, 0.6) is 0 Å². The van der Waals surface area contributed by atoms with E-state index in [9.17, 15) is 4.79 Å². The predicted octanol–water partition coefficient (Wildman–Crippen LogP) is 5.27. The van der Waals surface area contributed by atoms with E-state index in [0.29, 0.717) is 0 Å². The highest BCUT2D eigenvalue weighted by Gasteiger charge is 2.27. The number of hydrogen-bond acceptors (Lipinski definition) is 5. The summed E-state index contributed by atoms with van der Waals surface area (Å²) in [4.78, 5) is 25.7. The van der Waals surface area contributed by atoms with E-state index < -0.39 is 0 Å². The Labute approximate surface area is 182 Å². The number of ketones is 1. The van der Waals surface area contributed by atoms with Gasteiger partial charge in [-0.3, -0.25) is 9.69 Å². The van der Waals surface area contributed by atoms with Gasteiger partial charge in [-0.05, 0) is 44.7 Å². The van der Waals surface area contributed by atoms with Crippen LogP contribution >= 0.6 is 11.8 Å². The third kappa shape index (κ3) is 4.79. The molecule has 1 aliphatic heterocycles. The number of carbonyl (C=O) groups is 1. The molecule has 1 atom stereocenters. The molecule has 1 saturated heterocycles. The lowest BCUT2D eigenvalue weighted by molar-refractivity contribution is 0.0808. The van der Waals surface area contributed by atoms with Crippen molar-refractivity contribution >= 4 is 17.5 Å². The summed E-state index contributed by atoms with van der Waals surface area (Å²) in [5, 5.41) is 0. The maximum atomic E-state index is 13.1. The molecule has 2 aromatic carbocycles. The first-order valence-electron chi connectivity index (χ1n) is 10.4. The first-order valence-corrected chi connectivity index (χ1v) is 11.6. The van der Waals surface area contributed by atoms with Crippen molar-refractivity contribution in [2.45, 2.75) is 31.2 Å². The zero-order valence-corrected chi connectivity index (χ0v) is 18.4. The highest BCUT2D eigenvalue weighted by molar-refractivity contribution is 7.98. The van der Waals surface area contributed by atoms with E-state index in [4.69, 9.17) is 0 Å². The number of rotatable bonds is 6. The molecule has 4 rings (SSSR count). The summed E-state index contributed by atoms with van der Waals surface area (Å²) in [5.74, 6) is 1.08. The lowest BCUT2D eigenvalue weighted by Gasteiger charge is -2.32. The van der Waals surface area contributed by atoms with Crippen molar-refractivity contribution in [3.63, 3.8) is 0 Å². The number of thioether (sulfide) groups is 1. The average Bonchev–Trinajstić information content (AvgIpc) is 2.79. The van der Waals surface area contributed by atoms with Crippen molar-refractivity contribution in [2.75, 3.05) is 19.3 Å². The highest BCUT2D eigenvalue weighted by Crippen LogP contribution is 2.27. The van der Waals surface area contributed by atoms with E-state index >= 15 is 0 Å². The van der Waals surface area contributed by atoms with Gasteiger partial charge >= 0.3 is 0 Å². The van der Waals surface area contributed by atoms with Crippen LogP contribution < -0.4 is 0 Å². The fraction of sp³-hybridized carbons (Fsp3) is 0.320. The molecular formula is C25H27N3OS. The molecule has 1 fully saturated rings. The minimum Gasteiger partial charge on any atom is -0.298 e. The van der Waals surface area contributed by atoms with Crippen LogP contribution in [0, 0.1) is 12.8 Å².